The van der Waals surface area contributed by atoms with Crippen LogP contribution in [0.25, 0.3) is 11.0 Å². The number of urea groups is 1. The van der Waals surface area contributed by atoms with Crippen LogP contribution in [0, 0.1) is 5.41 Å². The highest BCUT2D eigenvalue weighted by Crippen LogP contribution is 2.42. The summed E-state index contributed by atoms with van der Waals surface area (Å²) >= 11 is 0. The van der Waals surface area contributed by atoms with Crippen LogP contribution in [0.1, 0.15) is 32.6 Å². The molecule has 8 nitrogen and oxygen atoms in total. The molecule has 0 unspecified atom stereocenters. The number of nitrogens with one attached hydrogen (secondary N) is 3. The van der Waals surface area contributed by atoms with Gasteiger partial charge in [0.15, 0.2) is 5.65 Å². The number of hydrogen-bond donors (Lipinski definition) is 3. The molecule has 1 aliphatic rings. The van der Waals surface area contributed by atoms with Gasteiger partial charge in [-0.1, -0.05) is 13.3 Å². The van der Waals surface area contributed by atoms with Gasteiger partial charge in [0.2, 0.25) is 0 Å². The van der Waals surface area contributed by atoms with Gasteiger partial charge in [-0.3, -0.25) is 4.68 Å². The Labute approximate surface area is 141 Å². The van der Waals surface area contributed by atoms with E-state index in [-0.39, 0.29) is 6.03 Å². The van der Waals surface area contributed by atoms with Crippen LogP contribution in [0.2, 0.25) is 0 Å². The Morgan fingerprint density at radius 3 is 2.83 bits per heavy atom. The maximum atomic E-state index is 11.9. The number of aromatic nitrogens is 4. The van der Waals surface area contributed by atoms with Gasteiger partial charge in [0, 0.05) is 26.7 Å². The third kappa shape index (κ3) is 3.42. The Balaban J connectivity index is 1.41. The lowest BCUT2D eigenvalue weighted by molar-refractivity contribution is 0.126. The first-order chi connectivity index (χ1) is 11.6. The molecule has 3 N–H and O–H groups in total. The quantitative estimate of drug-likeness (QED) is 0.670. The predicted molar refractivity (Wildman–Crippen MR) is 92.8 cm³/mol. The number of anilines is 1. The minimum absolute atomic E-state index is 0.106. The summed E-state index contributed by atoms with van der Waals surface area (Å²) in [4.78, 5) is 20.3. The molecular formula is C16H25N7O. The Morgan fingerprint density at radius 2 is 2.12 bits per heavy atom. The van der Waals surface area contributed by atoms with Crippen molar-refractivity contribution in [3.8, 4) is 0 Å². The first-order valence-corrected chi connectivity index (χ1v) is 8.52. The van der Waals surface area contributed by atoms with Crippen molar-refractivity contribution in [2.75, 3.05) is 25.0 Å². The van der Waals surface area contributed by atoms with E-state index in [1.807, 2.05) is 7.05 Å². The van der Waals surface area contributed by atoms with Crippen LogP contribution >= 0.6 is 0 Å². The van der Waals surface area contributed by atoms with Crippen molar-refractivity contribution < 1.29 is 4.79 Å². The van der Waals surface area contributed by atoms with Crippen molar-refractivity contribution in [2.24, 2.45) is 12.5 Å². The second kappa shape index (κ2) is 7.02. The second-order valence-electron chi connectivity index (χ2n) is 6.47. The molecule has 24 heavy (non-hydrogen) atoms. The monoisotopic (exact) mass is 331 g/mol. The van der Waals surface area contributed by atoms with Crippen LogP contribution in [-0.2, 0) is 7.05 Å². The van der Waals surface area contributed by atoms with Gasteiger partial charge >= 0.3 is 6.03 Å². The molecule has 2 amide bonds. The van der Waals surface area contributed by atoms with Gasteiger partial charge in [0.1, 0.15) is 12.1 Å². The molecule has 2 aromatic rings. The van der Waals surface area contributed by atoms with Gasteiger partial charge in [-0.2, -0.15) is 5.10 Å². The van der Waals surface area contributed by atoms with E-state index in [1.165, 1.54) is 25.6 Å². The van der Waals surface area contributed by atoms with E-state index in [2.05, 4.69) is 37.9 Å². The molecule has 2 heterocycles. The molecule has 0 saturated heterocycles. The molecule has 0 radical (unpaired) electrons. The van der Waals surface area contributed by atoms with Crippen molar-refractivity contribution in [3.05, 3.63) is 12.5 Å². The van der Waals surface area contributed by atoms with Crippen molar-refractivity contribution in [1.29, 1.82) is 0 Å². The highest BCUT2D eigenvalue weighted by molar-refractivity contribution is 5.85. The molecule has 2 aromatic heterocycles. The predicted octanol–water partition coefficient (Wildman–Crippen LogP) is 1.65. The Morgan fingerprint density at radius 1 is 1.29 bits per heavy atom. The van der Waals surface area contributed by atoms with Gasteiger partial charge in [-0.15, -0.1) is 0 Å². The van der Waals surface area contributed by atoms with Crippen LogP contribution in [0.5, 0.6) is 0 Å². The third-order valence-electron chi connectivity index (χ3n) is 5.02. The smallest absolute Gasteiger partial charge is 0.314 e. The maximum absolute atomic E-state index is 11.9. The fraction of sp³-hybridized carbons (Fsp3) is 0.625. The minimum atomic E-state index is -0.106. The van der Waals surface area contributed by atoms with Crippen molar-refractivity contribution in [1.82, 2.24) is 30.4 Å². The molecule has 0 aliphatic heterocycles. The molecule has 1 aliphatic carbocycles. The molecule has 0 aromatic carbocycles. The molecule has 130 valence electrons. The highest BCUT2D eigenvalue weighted by atomic mass is 16.2. The van der Waals surface area contributed by atoms with Gasteiger partial charge in [-0.05, 0) is 24.7 Å². The average molecular weight is 331 g/mol. The fourth-order valence-corrected chi connectivity index (χ4v) is 3.12. The van der Waals surface area contributed by atoms with Crippen molar-refractivity contribution in [3.63, 3.8) is 0 Å². The number of carbonyl (C=O) groups is 1. The Kier molecular flexibility index (Phi) is 4.82. The van der Waals surface area contributed by atoms with Crippen LogP contribution in [-0.4, -0.2) is 45.4 Å². The van der Waals surface area contributed by atoms with Crippen LogP contribution in [0.3, 0.4) is 0 Å². The van der Waals surface area contributed by atoms with E-state index < -0.39 is 0 Å². The lowest BCUT2D eigenvalue weighted by atomic mass is 9.67. The zero-order valence-electron chi connectivity index (χ0n) is 14.3. The minimum Gasteiger partial charge on any atom is -0.368 e. The molecule has 1 saturated carbocycles. The summed E-state index contributed by atoms with van der Waals surface area (Å²) in [5.74, 6) is 0.731. The number of nitrogens with zero attached hydrogens (tertiary/aromatic N) is 4. The van der Waals surface area contributed by atoms with E-state index in [1.54, 1.807) is 10.9 Å². The van der Waals surface area contributed by atoms with E-state index in [0.717, 1.165) is 29.8 Å². The van der Waals surface area contributed by atoms with E-state index in [4.69, 9.17) is 0 Å². The molecule has 0 bridgehead atoms. The lowest BCUT2D eigenvalue weighted by Gasteiger charge is -2.41. The molecule has 3 rings (SSSR count). The summed E-state index contributed by atoms with van der Waals surface area (Å²) in [6, 6.07) is -0.106. The summed E-state index contributed by atoms with van der Waals surface area (Å²) in [6.45, 7) is 4.08. The first-order valence-electron chi connectivity index (χ1n) is 8.52. The fourth-order valence-electron chi connectivity index (χ4n) is 3.12. The molecule has 0 atom stereocenters. The van der Waals surface area contributed by atoms with Gasteiger partial charge in [0.05, 0.1) is 11.6 Å². The zero-order valence-corrected chi connectivity index (χ0v) is 14.3. The SMILES string of the molecule is CCC1(CNC(=O)NCCNc2ncnc3c2cnn3C)CCC1. The summed E-state index contributed by atoms with van der Waals surface area (Å²) in [6.07, 6.45) is 8.10. The number of carbonyl (C=O) groups excluding carboxylic acids is 1. The van der Waals surface area contributed by atoms with Gasteiger partial charge in [-0.25, -0.2) is 14.8 Å². The molecule has 8 heteroatoms. The van der Waals surface area contributed by atoms with Crippen molar-refractivity contribution >= 4 is 22.9 Å². The molecule has 0 spiro atoms. The summed E-state index contributed by atoms with van der Waals surface area (Å²) < 4.78 is 1.71. The summed E-state index contributed by atoms with van der Waals surface area (Å²) in [5, 5.41) is 14.1. The molecule has 1 fully saturated rings. The Hall–Kier alpha value is -2.38. The maximum Gasteiger partial charge on any atom is 0.314 e. The number of fused-ring (bicyclic) bond motifs is 1. The molecular weight excluding hydrogens is 306 g/mol. The number of rotatable bonds is 7. The number of amides is 2. The van der Waals surface area contributed by atoms with E-state index in [0.29, 0.717) is 18.5 Å². The van der Waals surface area contributed by atoms with Crippen LogP contribution in [0.15, 0.2) is 12.5 Å². The van der Waals surface area contributed by atoms with Crippen LogP contribution in [0.4, 0.5) is 10.6 Å². The zero-order chi connectivity index (χ0) is 17.0. The summed E-state index contributed by atoms with van der Waals surface area (Å²) in [5.41, 5.74) is 1.12. The third-order valence-corrected chi connectivity index (χ3v) is 5.02. The van der Waals surface area contributed by atoms with E-state index >= 15 is 0 Å². The topological polar surface area (TPSA) is 96.8 Å². The van der Waals surface area contributed by atoms with E-state index in [9.17, 15) is 4.79 Å². The second-order valence-corrected chi connectivity index (χ2v) is 6.47. The largest absolute Gasteiger partial charge is 0.368 e. The number of aryl methyl sites for hydroxylation is 1. The highest BCUT2D eigenvalue weighted by Gasteiger charge is 2.35. The van der Waals surface area contributed by atoms with Gasteiger partial charge in [0.25, 0.3) is 0 Å². The van der Waals surface area contributed by atoms with Crippen LogP contribution < -0.4 is 16.0 Å². The van der Waals surface area contributed by atoms with Gasteiger partial charge < -0.3 is 16.0 Å². The van der Waals surface area contributed by atoms with Crippen molar-refractivity contribution in [2.45, 2.75) is 32.6 Å². The Bertz CT molecular complexity index is 702. The average Bonchev–Trinajstić information content (AvgIpc) is 2.93. The number of hydrogen-bond acceptors (Lipinski definition) is 5. The first kappa shape index (κ1) is 16.5. The normalized spacial score (nSPS) is 15.8. The lowest BCUT2D eigenvalue weighted by Crippen LogP contribution is -2.46. The standard InChI is InChI=1S/C16H25N7O/c1-3-16(5-4-6-16)10-19-15(24)18-8-7-17-13-12-9-22-23(2)14(12)21-11-20-13/h9,11H,3-8,10H2,1-2H3,(H,17,20,21)(H2,18,19,24). The summed E-state index contributed by atoms with van der Waals surface area (Å²) in [7, 11) is 1.84.